The van der Waals surface area contributed by atoms with E-state index in [0.29, 0.717) is 17.8 Å². The second-order valence-electron chi connectivity index (χ2n) is 10.0. The van der Waals surface area contributed by atoms with E-state index in [-0.39, 0.29) is 17.4 Å². The zero-order chi connectivity index (χ0) is 23.9. The van der Waals surface area contributed by atoms with Gasteiger partial charge in [-0.2, -0.15) is 0 Å². The third-order valence-corrected chi connectivity index (χ3v) is 7.79. The molecule has 0 aliphatic rings. The molecule has 0 fully saturated rings. The lowest BCUT2D eigenvalue weighted by atomic mass is 9.68. The van der Waals surface area contributed by atoms with Crippen LogP contribution < -0.4 is 0 Å². The van der Waals surface area contributed by atoms with Gasteiger partial charge in [0, 0.05) is 16.7 Å². The van der Waals surface area contributed by atoms with Crippen molar-refractivity contribution in [3.63, 3.8) is 0 Å². The first-order valence-corrected chi connectivity index (χ1v) is 12.6. The molecule has 1 nitrogen and oxygen atoms in total. The van der Waals surface area contributed by atoms with Crippen LogP contribution in [0.3, 0.4) is 0 Å². The molecule has 0 bridgehead atoms. The summed E-state index contributed by atoms with van der Waals surface area (Å²) < 4.78 is 6.45. The van der Waals surface area contributed by atoms with Crippen molar-refractivity contribution in [2.24, 2.45) is 17.3 Å². The lowest BCUT2D eigenvalue weighted by Crippen LogP contribution is -2.36. The first kappa shape index (κ1) is 27.0. The molecule has 2 aromatic rings. The molecule has 0 saturated heterocycles. The van der Waals surface area contributed by atoms with Crippen LogP contribution in [0.1, 0.15) is 77.3 Å². The summed E-state index contributed by atoms with van der Waals surface area (Å²) >= 11 is 12.6. The number of rotatable bonds is 12. The summed E-state index contributed by atoms with van der Waals surface area (Å²) in [6.07, 6.45) is 4.02. The molecule has 32 heavy (non-hydrogen) atoms. The van der Waals surface area contributed by atoms with Gasteiger partial charge in [0.2, 0.25) is 0 Å². The summed E-state index contributed by atoms with van der Waals surface area (Å²) in [5, 5.41) is 1.54. The topological polar surface area (TPSA) is 9.23 Å². The Labute approximate surface area is 206 Å². The largest absolute Gasteiger partial charge is 0.378 e. The number of allylic oxidation sites excluding steroid dienone is 1. The van der Waals surface area contributed by atoms with Gasteiger partial charge in [-0.1, -0.05) is 88.2 Å². The van der Waals surface area contributed by atoms with Gasteiger partial charge in [0.1, 0.15) is 0 Å². The molecule has 0 N–H and O–H groups in total. The number of hydrogen-bond acceptors (Lipinski definition) is 1. The van der Waals surface area contributed by atoms with E-state index in [9.17, 15) is 0 Å². The normalized spacial score (nSPS) is 17.4. The Morgan fingerprint density at radius 2 is 1.59 bits per heavy atom. The maximum Gasteiger partial charge on any atom is 0.0603 e. The van der Waals surface area contributed by atoms with E-state index < -0.39 is 0 Å². The number of ether oxygens (including phenoxy) is 1. The van der Waals surface area contributed by atoms with E-state index in [0.717, 1.165) is 29.5 Å². The molecule has 176 valence electrons. The fourth-order valence-electron chi connectivity index (χ4n) is 4.26. The van der Waals surface area contributed by atoms with Crippen molar-refractivity contribution >= 4 is 23.2 Å². The van der Waals surface area contributed by atoms with Gasteiger partial charge in [-0.25, -0.2) is 0 Å². The van der Waals surface area contributed by atoms with E-state index >= 15 is 0 Å². The van der Waals surface area contributed by atoms with Crippen molar-refractivity contribution in [3.8, 4) is 0 Å². The average molecular weight is 476 g/mol. The Bertz CT molecular complexity index is 844. The minimum atomic E-state index is -0.0495. The lowest BCUT2D eigenvalue weighted by molar-refractivity contribution is -0.0455. The van der Waals surface area contributed by atoms with Gasteiger partial charge < -0.3 is 4.74 Å². The minimum Gasteiger partial charge on any atom is -0.378 e. The molecular weight excluding hydrogens is 435 g/mol. The van der Waals surface area contributed by atoms with Crippen molar-refractivity contribution in [2.75, 3.05) is 6.61 Å². The number of halogens is 2. The predicted octanol–water partition coefficient (Wildman–Crippen LogP) is 9.55. The number of benzene rings is 2. The third-order valence-electron chi connectivity index (χ3n) is 7.30. The molecule has 3 heteroatoms. The maximum absolute atomic E-state index is 6.45. The predicted molar refractivity (Wildman–Crippen MR) is 141 cm³/mol. The monoisotopic (exact) mass is 474 g/mol. The molecule has 0 heterocycles. The SMILES string of the molecule is C=CC[C@@](C)(C[C@H](c1cccc(Cl)c1)[C@H](C)c1ccc(Cl)cc1)C(C)OC[C@@H](C)C(C)C. The zero-order valence-corrected chi connectivity index (χ0v) is 22.1. The Hall–Kier alpha value is -1.28. The fraction of sp³-hybridized carbons (Fsp3) is 0.517. The third kappa shape index (κ3) is 7.37. The molecule has 0 radical (unpaired) electrons. The maximum atomic E-state index is 6.45. The molecule has 0 saturated carbocycles. The number of hydrogen-bond donors (Lipinski definition) is 0. The van der Waals surface area contributed by atoms with Crippen LogP contribution in [-0.4, -0.2) is 12.7 Å². The van der Waals surface area contributed by atoms with E-state index in [1.54, 1.807) is 0 Å². The van der Waals surface area contributed by atoms with E-state index in [2.05, 4.69) is 72.4 Å². The second-order valence-corrected chi connectivity index (χ2v) is 10.9. The fourth-order valence-corrected chi connectivity index (χ4v) is 4.58. The molecule has 1 unspecified atom stereocenters. The van der Waals surface area contributed by atoms with E-state index in [1.807, 2.05) is 30.3 Å². The summed E-state index contributed by atoms with van der Waals surface area (Å²) in [6, 6.07) is 16.5. The molecule has 0 spiro atoms. The van der Waals surface area contributed by atoms with Crippen molar-refractivity contribution in [1.82, 2.24) is 0 Å². The van der Waals surface area contributed by atoms with Crippen molar-refractivity contribution in [3.05, 3.63) is 82.4 Å². The summed E-state index contributed by atoms with van der Waals surface area (Å²) in [7, 11) is 0. The molecule has 0 aliphatic heterocycles. The quantitative estimate of drug-likeness (QED) is 0.278. The van der Waals surface area contributed by atoms with E-state index in [4.69, 9.17) is 27.9 Å². The van der Waals surface area contributed by atoms with Gasteiger partial charge in [0.25, 0.3) is 0 Å². The highest BCUT2D eigenvalue weighted by molar-refractivity contribution is 6.30. The Morgan fingerprint density at radius 1 is 0.938 bits per heavy atom. The second kappa shape index (κ2) is 12.3. The van der Waals surface area contributed by atoms with Crippen LogP contribution in [-0.2, 0) is 4.74 Å². The van der Waals surface area contributed by atoms with E-state index in [1.165, 1.54) is 11.1 Å². The van der Waals surface area contributed by atoms with Gasteiger partial charge >= 0.3 is 0 Å². The standard InChI is InChI=1S/C29H40Cl2O/c1-8-16-29(7,23(6)32-19-21(4)20(2)3)18-28(25-10-9-11-27(31)17-25)22(5)24-12-14-26(30)15-13-24/h8-15,17,20-23,28H,1,16,18-19H2,2-7H3/t21-,22-,23?,28+,29+/m1/s1. The van der Waals surface area contributed by atoms with Crippen LogP contribution in [0.15, 0.2) is 61.2 Å². The molecule has 0 aliphatic carbocycles. The summed E-state index contributed by atoms with van der Waals surface area (Å²) in [5.74, 6) is 1.73. The van der Waals surface area contributed by atoms with Gasteiger partial charge in [-0.15, -0.1) is 6.58 Å². The Kier molecular flexibility index (Phi) is 10.3. The lowest BCUT2D eigenvalue weighted by Gasteiger charge is -2.40. The summed E-state index contributed by atoms with van der Waals surface area (Å²) in [4.78, 5) is 0. The molecular formula is C29H40Cl2O. The highest BCUT2D eigenvalue weighted by atomic mass is 35.5. The van der Waals surface area contributed by atoms with Crippen LogP contribution in [0, 0.1) is 17.3 Å². The molecule has 0 aromatic heterocycles. The van der Waals surface area contributed by atoms with Crippen LogP contribution in [0.5, 0.6) is 0 Å². The van der Waals surface area contributed by atoms with Crippen LogP contribution in [0.4, 0.5) is 0 Å². The van der Waals surface area contributed by atoms with Gasteiger partial charge in [-0.3, -0.25) is 0 Å². The first-order valence-electron chi connectivity index (χ1n) is 11.8. The van der Waals surface area contributed by atoms with Crippen LogP contribution in [0.2, 0.25) is 10.0 Å². The van der Waals surface area contributed by atoms with Gasteiger partial charge in [-0.05, 0) is 84.2 Å². The highest BCUT2D eigenvalue weighted by Gasteiger charge is 2.36. The van der Waals surface area contributed by atoms with Gasteiger partial charge in [0.05, 0.1) is 6.10 Å². The summed E-state index contributed by atoms with van der Waals surface area (Å²) in [6.45, 7) is 18.5. The minimum absolute atomic E-state index is 0.0495. The Morgan fingerprint density at radius 3 is 2.16 bits per heavy atom. The smallest absolute Gasteiger partial charge is 0.0603 e. The van der Waals surface area contributed by atoms with Crippen LogP contribution >= 0.6 is 23.2 Å². The Balaban J connectivity index is 2.37. The van der Waals surface area contributed by atoms with Gasteiger partial charge in [0.15, 0.2) is 0 Å². The molecule has 2 rings (SSSR count). The van der Waals surface area contributed by atoms with Crippen molar-refractivity contribution in [2.45, 2.75) is 72.3 Å². The molecule has 0 amide bonds. The first-order chi connectivity index (χ1) is 15.1. The summed E-state index contributed by atoms with van der Waals surface area (Å²) in [5.41, 5.74) is 2.49. The average Bonchev–Trinajstić information content (AvgIpc) is 2.75. The van der Waals surface area contributed by atoms with Crippen molar-refractivity contribution in [1.29, 1.82) is 0 Å². The van der Waals surface area contributed by atoms with Crippen molar-refractivity contribution < 1.29 is 4.74 Å². The van der Waals surface area contributed by atoms with Crippen LogP contribution in [0.25, 0.3) is 0 Å². The highest BCUT2D eigenvalue weighted by Crippen LogP contribution is 2.46. The molecule has 5 atom stereocenters. The zero-order valence-electron chi connectivity index (χ0n) is 20.6. The molecule has 2 aromatic carbocycles.